The fourth-order valence-electron chi connectivity index (χ4n) is 6.15. The molecule has 248 valence electrons. The van der Waals surface area contributed by atoms with Crippen LogP contribution in [0.2, 0.25) is 0 Å². The van der Waals surface area contributed by atoms with Crippen molar-refractivity contribution in [2.24, 2.45) is 0 Å². The summed E-state index contributed by atoms with van der Waals surface area (Å²) in [5.41, 5.74) is 10.0. The second-order valence-electron chi connectivity index (χ2n) is 11.7. The molecular weight excluding hydrogens is 626 g/mol. The smallest absolute Gasteiger partial charge is 0.273 e. The predicted octanol–water partition coefficient (Wildman–Crippen LogP) is 4.40. The van der Waals surface area contributed by atoms with Crippen LogP contribution in [0, 0.1) is 6.92 Å². The second-order valence-corrected chi connectivity index (χ2v) is 11.7. The molecule has 1 atom stereocenters. The van der Waals surface area contributed by atoms with Crippen molar-refractivity contribution in [3.8, 4) is 44.9 Å². The monoisotopic (exact) mass is 659 g/mol. The molecule has 13 nitrogen and oxygen atoms in total. The van der Waals surface area contributed by atoms with Gasteiger partial charge in [0.15, 0.2) is 17.7 Å². The number of hydrogen-bond acceptors (Lipinski definition) is 10. The van der Waals surface area contributed by atoms with E-state index in [9.17, 15) is 14.4 Å². The number of carbonyl (C=O) groups is 2. The van der Waals surface area contributed by atoms with Gasteiger partial charge >= 0.3 is 0 Å². The number of nitrogens with two attached hydrogens (primary N) is 1. The van der Waals surface area contributed by atoms with Crippen LogP contribution >= 0.6 is 0 Å². The van der Waals surface area contributed by atoms with Crippen LogP contribution in [-0.4, -0.2) is 69.8 Å². The predicted molar refractivity (Wildman–Crippen MR) is 182 cm³/mol. The van der Waals surface area contributed by atoms with Crippen molar-refractivity contribution in [3.05, 3.63) is 100 Å². The molecule has 6 heterocycles. The Bertz CT molecular complexity index is 2150. The number of fused-ring (bicyclic) bond motifs is 2. The summed E-state index contributed by atoms with van der Waals surface area (Å²) in [6.45, 7) is 3.15. The van der Waals surface area contributed by atoms with Gasteiger partial charge in [-0.25, -0.2) is 9.97 Å². The molecule has 4 aromatic heterocycles. The van der Waals surface area contributed by atoms with Crippen LogP contribution in [0.15, 0.2) is 78.1 Å². The van der Waals surface area contributed by atoms with Crippen molar-refractivity contribution in [2.45, 2.75) is 26.1 Å². The number of carbonyl (C=O) groups excluding carboxylic acids is 2. The largest absolute Gasteiger partial charge is 0.493 e. The third kappa shape index (κ3) is 5.84. The van der Waals surface area contributed by atoms with Crippen LogP contribution in [0.3, 0.4) is 0 Å². The maximum atomic E-state index is 14.0. The molecule has 2 amide bonds. The van der Waals surface area contributed by atoms with Crippen molar-refractivity contribution < 1.29 is 23.8 Å². The number of methoxy groups -OCH3 is 2. The fraction of sp³-hybridized carbons (Fsp3) is 0.222. The maximum absolute atomic E-state index is 14.0. The first-order chi connectivity index (χ1) is 23.7. The number of anilines is 2. The molecule has 2 aliphatic rings. The van der Waals surface area contributed by atoms with E-state index < -0.39 is 17.6 Å². The molecule has 1 unspecified atom stereocenters. The van der Waals surface area contributed by atoms with Crippen LogP contribution in [0.1, 0.15) is 33.0 Å². The van der Waals surface area contributed by atoms with Gasteiger partial charge in [0.2, 0.25) is 5.43 Å². The number of nitrogens with zero attached hydrogens (tertiary/aromatic N) is 5. The SMILES string of the molecule is COc1ccc(-c2cnc(N)c(-c3ccc(NC(=O)c4cn5c(c(-c6ccc(C)nc6)c4=O)C(=O)N4CCCOC4C5)nc3)c2)cc1OC. The number of pyridine rings is 4. The maximum Gasteiger partial charge on any atom is 0.273 e. The Labute approximate surface area is 281 Å². The second kappa shape index (κ2) is 12.8. The van der Waals surface area contributed by atoms with Gasteiger partial charge in [-0.1, -0.05) is 12.1 Å². The Morgan fingerprint density at radius 2 is 1.67 bits per heavy atom. The lowest BCUT2D eigenvalue weighted by molar-refractivity contribution is -0.0916. The zero-order chi connectivity index (χ0) is 34.2. The van der Waals surface area contributed by atoms with Crippen molar-refractivity contribution >= 4 is 23.5 Å². The minimum absolute atomic E-state index is 0.120. The Morgan fingerprint density at radius 3 is 2.41 bits per heavy atom. The van der Waals surface area contributed by atoms with Crippen LogP contribution in [0.25, 0.3) is 33.4 Å². The number of hydrogen-bond donors (Lipinski definition) is 2. The van der Waals surface area contributed by atoms with Crippen molar-refractivity contribution in [2.75, 3.05) is 38.4 Å². The minimum atomic E-state index is -0.669. The third-order valence-corrected chi connectivity index (χ3v) is 8.69. The topological polar surface area (TPSA) is 164 Å². The van der Waals surface area contributed by atoms with E-state index in [1.165, 1.54) is 6.20 Å². The first kappa shape index (κ1) is 31.5. The highest BCUT2D eigenvalue weighted by atomic mass is 16.5. The number of benzene rings is 1. The van der Waals surface area contributed by atoms with E-state index in [2.05, 4.69) is 20.3 Å². The molecule has 0 aliphatic carbocycles. The van der Waals surface area contributed by atoms with Gasteiger partial charge in [-0.15, -0.1) is 0 Å². The van der Waals surface area contributed by atoms with Crippen LogP contribution in [0.5, 0.6) is 11.5 Å². The Kier molecular flexibility index (Phi) is 8.26. The number of rotatable bonds is 7. The van der Waals surface area contributed by atoms with Gasteiger partial charge in [-0.05, 0) is 55.3 Å². The molecule has 49 heavy (non-hydrogen) atoms. The van der Waals surface area contributed by atoms with Crippen LogP contribution in [0.4, 0.5) is 11.6 Å². The highest BCUT2D eigenvalue weighted by Gasteiger charge is 2.38. The molecule has 13 heteroatoms. The van der Waals surface area contributed by atoms with Gasteiger partial charge in [0, 0.05) is 59.3 Å². The van der Waals surface area contributed by atoms with Gasteiger partial charge in [-0.2, -0.15) is 0 Å². The lowest BCUT2D eigenvalue weighted by Gasteiger charge is -2.40. The van der Waals surface area contributed by atoms with E-state index in [4.69, 9.17) is 19.9 Å². The van der Waals surface area contributed by atoms with Gasteiger partial charge in [0.25, 0.3) is 11.8 Å². The quantitative estimate of drug-likeness (QED) is 0.256. The Balaban J connectivity index is 1.19. The zero-order valence-electron chi connectivity index (χ0n) is 27.1. The van der Waals surface area contributed by atoms with E-state index in [0.29, 0.717) is 53.6 Å². The van der Waals surface area contributed by atoms with Crippen LogP contribution < -0.4 is 26.0 Å². The van der Waals surface area contributed by atoms with Gasteiger partial charge in [-0.3, -0.25) is 19.4 Å². The van der Waals surface area contributed by atoms with Gasteiger partial charge in [0.1, 0.15) is 22.9 Å². The number of amides is 2. The molecule has 3 N–H and O–H groups in total. The normalized spacial score (nSPS) is 15.3. The molecule has 0 radical (unpaired) electrons. The van der Waals surface area contributed by atoms with Crippen LogP contribution in [-0.2, 0) is 11.3 Å². The van der Waals surface area contributed by atoms with Crippen molar-refractivity contribution in [3.63, 3.8) is 0 Å². The standard InChI is InChI=1S/C36H33N7O6/c1-20-5-6-23(16-38-20)31-32-36(46)43-11-4-12-49-30(43)19-42(32)18-26(33(31)44)35(45)41-29-10-8-22(15-39-29)25-13-24(17-40-34(25)37)21-7-9-27(47-2)28(14-21)48-3/h5-10,13-18,30H,4,11-12,19H2,1-3H3,(H2,37,40)(H,39,41,45). The van der Waals surface area contributed by atoms with E-state index in [0.717, 1.165) is 16.8 Å². The summed E-state index contributed by atoms with van der Waals surface area (Å²) < 4.78 is 18.3. The molecule has 7 rings (SSSR count). The van der Waals surface area contributed by atoms with Crippen molar-refractivity contribution in [1.29, 1.82) is 0 Å². The number of nitrogen functional groups attached to an aromatic ring is 1. The summed E-state index contributed by atoms with van der Waals surface area (Å²) in [4.78, 5) is 56.2. The Hall–Kier alpha value is -6.08. The van der Waals surface area contributed by atoms with Gasteiger partial charge < -0.3 is 34.7 Å². The summed E-state index contributed by atoms with van der Waals surface area (Å²) in [5, 5.41) is 2.74. The molecule has 1 fully saturated rings. The summed E-state index contributed by atoms with van der Waals surface area (Å²) in [6.07, 6.45) is 6.42. The molecule has 1 saturated heterocycles. The van der Waals surface area contributed by atoms with E-state index in [1.807, 2.05) is 31.2 Å². The molecule has 0 spiro atoms. The minimum Gasteiger partial charge on any atom is -0.493 e. The van der Waals surface area contributed by atoms with E-state index in [1.54, 1.807) is 66.5 Å². The molecule has 1 aromatic carbocycles. The molecule has 0 bridgehead atoms. The van der Waals surface area contributed by atoms with E-state index in [-0.39, 0.29) is 35.1 Å². The lowest BCUT2D eigenvalue weighted by atomic mass is 9.99. The number of aromatic nitrogens is 4. The average molecular weight is 660 g/mol. The average Bonchev–Trinajstić information content (AvgIpc) is 3.12. The third-order valence-electron chi connectivity index (χ3n) is 8.69. The number of nitrogens with one attached hydrogen (secondary N) is 1. The fourth-order valence-corrected chi connectivity index (χ4v) is 6.15. The summed E-state index contributed by atoms with van der Waals surface area (Å²) >= 11 is 0. The first-order valence-corrected chi connectivity index (χ1v) is 15.6. The summed E-state index contributed by atoms with van der Waals surface area (Å²) in [6, 6.07) is 14.3. The molecular formula is C36H33N7O6. The molecule has 5 aromatic rings. The molecule has 2 aliphatic heterocycles. The molecule has 0 saturated carbocycles. The summed E-state index contributed by atoms with van der Waals surface area (Å²) in [7, 11) is 3.15. The van der Waals surface area contributed by atoms with Gasteiger partial charge in [0.05, 0.1) is 32.9 Å². The lowest BCUT2D eigenvalue weighted by Crippen LogP contribution is -2.53. The Morgan fingerprint density at radius 1 is 0.918 bits per heavy atom. The zero-order valence-corrected chi connectivity index (χ0v) is 27.1. The highest BCUT2D eigenvalue weighted by molar-refractivity contribution is 6.06. The summed E-state index contributed by atoms with van der Waals surface area (Å²) in [5.74, 6) is 0.719. The van der Waals surface area contributed by atoms with Crippen molar-refractivity contribution in [1.82, 2.24) is 24.4 Å². The number of aryl methyl sites for hydroxylation is 1. The highest BCUT2D eigenvalue weighted by Crippen LogP contribution is 2.35. The number of ether oxygens (including phenoxy) is 3. The first-order valence-electron chi connectivity index (χ1n) is 15.6. The van der Waals surface area contributed by atoms with E-state index >= 15 is 0 Å².